The minimum atomic E-state index is -0.602. The molecule has 0 fully saturated rings. The van der Waals surface area contributed by atoms with Crippen LogP contribution in [0.5, 0.6) is 0 Å². The van der Waals surface area contributed by atoms with E-state index >= 15 is 0 Å². The molecule has 0 aliphatic rings. The van der Waals surface area contributed by atoms with E-state index in [-0.39, 0.29) is 5.56 Å². The number of hydrogen-bond donors (Lipinski definition) is 0. The average Bonchev–Trinajstić information content (AvgIpc) is 2.14. The normalized spacial score (nSPS) is 11.9. The van der Waals surface area contributed by atoms with Crippen molar-refractivity contribution in [1.82, 2.24) is 0 Å². The second kappa shape index (κ2) is 3.68. The molecule has 0 saturated carbocycles. The van der Waals surface area contributed by atoms with Crippen LogP contribution in [0.2, 0.25) is 0 Å². The number of rotatable bonds is 2. The van der Waals surface area contributed by atoms with Gasteiger partial charge in [0.15, 0.2) is 0 Å². The molecule has 0 unspecified atom stereocenters. The van der Waals surface area contributed by atoms with Gasteiger partial charge in [-0.1, -0.05) is 6.07 Å². The zero-order valence-corrected chi connectivity index (χ0v) is 9.27. The van der Waals surface area contributed by atoms with Crippen molar-refractivity contribution < 1.29 is 23.7 Å². The van der Waals surface area contributed by atoms with Crippen molar-refractivity contribution in [3.05, 3.63) is 23.8 Å². The molecule has 0 spiro atoms. The predicted octanol–water partition coefficient (Wildman–Crippen LogP) is 2.91. The van der Waals surface area contributed by atoms with Crippen LogP contribution in [0.3, 0.4) is 0 Å². The van der Waals surface area contributed by atoms with Crippen molar-refractivity contribution in [2.24, 2.45) is 0 Å². The van der Waals surface area contributed by atoms with Crippen molar-refractivity contribution in [1.29, 1.82) is 0 Å². The summed E-state index contributed by atoms with van der Waals surface area (Å²) in [6.07, 6.45) is 0. The second-order valence-corrected chi connectivity index (χ2v) is 4.37. The first-order valence-electron chi connectivity index (χ1n) is 4.85. The van der Waals surface area contributed by atoms with Gasteiger partial charge < -0.3 is 0 Å². The molecule has 5 heteroatoms. The van der Waals surface area contributed by atoms with E-state index in [9.17, 15) is 4.79 Å². The van der Waals surface area contributed by atoms with E-state index < -0.39 is 11.6 Å². The number of hydrogen-bond acceptors (Lipinski definition) is 5. The summed E-state index contributed by atoms with van der Waals surface area (Å²) in [5.41, 5.74) is 0.637. The molecule has 0 aliphatic carbocycles. The smallest absolute Gasteiger partial charge is 0.292 e. The highest BCUT2D eigenvalue weighted by Crippen LogP contribution is 2.23. The van der Waals surface area contributed by atoms with Gasteiger partial charge in [0.2, 0.25) is 11.2 Å². The predicted molar refractivity (Wildman–Crippen MR) is 54.7 cm³/mol. The van der Waals surface area contributed by atoms with Crippen molar-refractivity contribution in [2.75, 3.05) is 0 Å². The summed E-state index contributed by atoms with van der Waals surface area (Å²) in [6.45, 7) is 5.34. The van der Waals surface area contributed by atoms with Crippen LogP contribution in [0, 0.1) is 0 Å². The lowest BCUT2D eigenvalue weighted by atomic mass is 10.2. The number of carbonyl (C=O) groups is 1. The summed E-state index contributed by atoms with van der Waals surface area (Å²) in [5, 5.41) is 0. The maximum atomic E-state index is 11.6. The van der Waals surface area contributed by atoms with Gasteiger partial charge in [-0.25, -0.2) is 4.79 Å². The Morgan fingerprint density at radius 3 is 2.56 bits per heavy atom. The molecule has 0 bridgehead atoms. The Morgan fingerprint density at radius 1 is 1.25 bits per heavy atom. The van der Waals surface area contributed by atoms with Gasteiger partial charge in [0, 0.05) is 0 Å². The van der Waals surface area contributed by atoms with E-state index in [1.165, 1.54) is 0 Å². The molecule has 1 aromatic heterocycles. The zero-order valence-electron chi connectivity index (χ0n) is 9.27. The van der Waals surface area contributed by atoms with Crippen molar-refractivity contribution in [2.45, 2.75) is 26.4 Å². The first kappa shape index (κ1) is 10.8. The monoisotopic (exact) mass is 224 g/mol. The molecule has 0 saturated heterocycles. The summed E-state index contributed by atoms with van der Waals surface area (Å²) in [4.78, 5) is 21.2. The minimum Gasteiger partial charge on any atom is -0.292 e. The van der Waals surface area contributed by atoms with Crippen molar-refractivity contribution in [3.8, 4) is 0 Å². The Labute approximate surface area is 91.8 Å². The Balaban J connectivity index is 2.12. The third-order valence-electron chi connectivity index (χ3n) is 1.78. The fourth-order valence-electron chi connectivity index (χ4n) is 1.09. The molecule has 0 N–H and O–H groups in total. The maximum Gasteiger partial charge on any atom is 0.377 e. The van der Waals surface area contributed by atoms with Crippen LogP contribution in [0.25, 0.3) is 11.2 Å². The van der Waals surface area contributed by atoms with Gasteiger partial charge in [-0.3, -0.25) is 14.0 Å². The third kappa shape index (κ3) is 2.09. The lowest BCUT2D eigenvalue weighted by Gasteiger charge is -2.16. The summed E-state index contributed by atoms with van der Waals surface area (Å²) in [6, 6.07) is 4.95. The minimum absolute atomic E-state index is 0.285. The lowest BCUT2D eigenvalue weighted by molar-refractivity contribution is -0.301. The highest BCUT2D eigenvalue weighted by atomic mass is 17.2. The summed E-state index contributed by atoms with van der Waals surface area (Å²) < 4.78 is 9.37. The Hall–Kier alpha value is -1.75. The molecule has 0 atom stereocenters. The van der Waals surface area contributed by atoms with Crippen LogP contribution in [0.4, 0.5) is 0 Å². The van der Waals surface area contributed by atoms with Crippen molar-refractivity contribution in [3.63, 3.8) is 0 Å². The van der Waals surface area contributed by atoms with Crippen LogP contribution >= 0.6 is 0 Å². The number of para-hydroxylation sites is 1. The van der Waals surface area contributed by atoms with E-state index in [2.05, 4.69) is 9.46 Å². The average molecular weight is 224 g/mol. The zero-order chi connectivity index (χ0) is 11.8. The molecule has 16 heavy (non-hydrogen) atoms. The van der Waals surface area contributed by atoms with Gasteiger partial charge in [0.05, 0.1) is 0 Å². The molecule has 0 radical (unpaired) electrons. The molecule has 0 amide bonds. The van der Waals surface area contributed by atoms with E-state index in [4.69, 9.17) is 9.46 Å². The largest absolute Gasteiger partial charge is 0.377 e. The van der Waals surface area contributed by atoms with Crippen LogP contribution in [-0.2, 0) is 9.78 Å². The van der Waals surface area contributed by atoms with Gasteiger partial charge in [-0.2, -0.15) is 4.89 Å². The molecule has 1 aromatic carbocycles. The molecule has 2 rings (SSSR count). The first-order chi connectivity index (χ1) is 7.47. The van der Waals surface area contributed by atoms with Gasteiger partial charge in [-0.05, 0) is 32.9 Å². The number of benzene rings is 1. The number of carbonyl (C=O) groups excluding carboxylic acids is 1. The van der Waals surface area contributed by atoms with Crippen molar-refractivity contribution >= 4 is 17.1 Å². The SMILES string of the molecule is CC(C)(C)OOC(=O)c1cccc2ooc12. The fourth-order valence-corrected chi connectivity index (χ4v) is 1.09. The third-order valence-corrected chi connectivity index (χ3v) is 1.78. The molecule has 0 aliphatic heterocycles. The van der Waals surface area contributed by atoms with Crippen LogP contribution in [-0.4, -0.2) is 11.6 Å². The molecule has 1 heterocycles. The van der Waals surface area contributed by atoms with Gasteiger partial charge in [0.1, 0.15) is 11.2 Å². The Kier molecular flexibility index (Phi) is 2.47. The van der Waals surface area contributed by atoms with E-state index in [0.29, 0.717) is 11.2 Å². The van der Waals surface area contributed by atoms with E-state index in [1.807, 2.05) is 0 Å². The Morgan fingerprint density at radius 2 is 2.00 bits per heavy atom. The summed E-state index contributed by atoms with van der Waals surface area (Å²) >= 11 is 0. The van der Waals surface area contributed by atoms with Gasteiger partial charge >= 0.3 is 5.97 Å². The van der Waals surface area contributed by atoms with E-state index in [1.54, 1.807) is 39.0 Å². The second-order valence-electron chi connectivity index (χ2n) is 4.37. The quantitative estimate of drug-likeness (QED) is 0.579. The molecular formula is C11H12O5. The van der Waals surface area contributed by atoms with Gasteiger partial charge in [-0.15, -0.1) is 0 Å². The molecule has 5 nitrogen and oxygen atoms in total. The highest BCUT2D eigenvalue weighted by molar-refractivity contribution is 6.00. The van der Waals surface area contributed by atoms with Crippen LogP contribution < -0.4 is 0 Å². The molecular weight excluding hydrogens is 212 g/mol. The molecule has 86 valence electrons. The Bertz CT molecular complexity index is 500. The highest BCUT2D eigenvalue weighted by Gasteiger charge is 2.21. The fraction of sp³-hybridized carbons (Fsp3) is 0.364. The first-order valence-corrected chi connectivity index (χ1v) is 4.85. The standard InChI is InChI=1S/C11H12O5/c1-11(2,3)16-15-10(12)7-5-4-6-8-9(7)14-13-8/h4-6H,1-3H3. The van der Waals surface area contributed by atoms with Crippen LogP contribution in [0.15, 0.2) is 27.4 Å². The summed E-state index contributed by atoms with van der Waals surface area (Å²) in [5.74, 6) is -0.602. The van der Waals surface area contributed by atoms with Crippen LogP contribution in [0.1, 0.15) is 31.1 Å². The maximum absolute atomic E-state index is 11.6. The van der Waals surface area contributed by atoms with Gasteiger partial charge in [0.25, 0.3) is 0 Å². The number of fused-ring (bicyclic) bond motifs is 1. The molecule has 2 aromatic rings. The summed E-state index contributed by atoms with van der Waals surface area (Å²) in [7, 11) is 0. The van der Waals surface area contributed by atoms with E-state index in [0.717, 1.165) is 0 Å². The topological polar surface area (TPSA) is 61.8 Å². The lowest BCUT2D eigenvalue weighted by Crippen LogP contribution is -2.22.